The van der Waals surface area contributed by atoms with Crippen LogP contribution >= 0.6 is 0 Å². The van der Waals surface area contributed by atoms with Crippen molar-refractivity contribution in [1.29, 1.82) is 0 Å². The molecule has 2 aromatic carbocycles. The monoisotopic (exact) mass is 382 g/mol. The lowest BCUT2D eigenvalue weighted by Gasteiger charge is -2.14. The number of hydrogen-bond acceptors (Lipinski definition) is 8. The molecule has 0 bridgehead atoms. The Kier molecular flexibility index (Phi) is 6.18. The first-order valence-corrected chi connectivity index (χ1v) is 8.94. The molecule has 0 radical (unpaired) electrons. The Morgan fingerprint density at radius 2 is 1.54 bits per heavy atom. The number of aromatic nitrogens is 2. The van der Waals surface area contributed by atoms with E-state index in [9.17, 15) is 15.2 Å². The van der Waals surface area contributed by atoms with Crippen molar-refractivity contribution in [1.82, 2.24) is 9.97 Å². The van der Waals surface area contributed by atoms with Gasteiger partial charge in [0.1, 0.15) is 0 Å². The molecule has 0 aliphatic heterocycles. The molecule has 9 nitrogen and oxygen atoms in total. The molecule has 3 aromatic rings. The maximum atomic E-state index is 10.7. The largest absolute Gasteiger partial charge is 0.392 e. The van der Waals surface area contributed by atoms with Crippen molar-refractivity contribution in [2.24, 2.45) is 0 Å². The molecule has 1 aromatic heterocycles. The van der Waals surface area contributed by atoms with Crippen molar-refractivity contribution in [3.05, 3.63) is 58.6 Å². The second-order valence-electron chi connectivity index (χ2n) is 6.30. The van der Waals surface area contributed by atoms with Crippen molar-refractivity contribution in [3.63, 3.8) is 0 Å². The van der Waals surface area contributed by atoms with Crippen LogP contribution in [0.5, 0.6) is 0 Å². The van der Waals surface area contributed by atoms with Gasteiger partial charge in [-0.1, -0.05) is 12.1 Å². The predicted octanol–water partition coefficient (Wildman–Crippen LogP) is 2.85. The van der Waals surface area contributed by atoms with Gasteiger partial charge in [-0.3, -0.25) is 10.1 Å². The molecule has 0 saturated carbocycles. The van der Waals surface area contributed by atoms with Gasteiger partial charge in [-0.05, 0) is 31.2 Å². The Bertz CT molecular complexity index is 946. The predicted molar refractivity (Wildman–Crippen MR) is 110 cm³/mol. The first kappa shape index (κ1) is 19.3. The summed E-state index contributed by atoms with van der Waals surface area (Å²) in [4.78, 5) is 19.5. The van der Waals surface area contributed by atoms with Gasteiger partial charge in [-0.15, -0.1) is 0 Å². The molecule has 0 aliphatic carbocycles. The first-order chi connectivity index (χ1) is 13.5. The number of nitrogens with one attached hydrogen (secondary N) is 3. The molecule has 0 fully saturated rings. The normalized spacial score (nSPS) is 11.8. The van der Waals surface area contributed by atoms with Gasteiger partial charge in [-0.2, -0.15) is 0 Å². The van der Waals surface area contributed by atoms with Crippen LogP contribution in [0.3, 0.4) is 0 Å². The molecular weight excluding hydrogens is 360 g/mol. The minimum absolute atomic E-state index is 0.0592. The fourth-order valence-corrected chi connectivity index (χ4v) is 2.58. The summed E-state index contributed by atoms with van der Waals surface area (Å²) in [7, 11) is 0. The number of anilines is 3. The zero-order chi connectivity index (χ0) is 19.9. The van der Waals surface area contributed by atoms with Crippen molar-refractivity contribution < 1.29 is 10.0 Å². The molecule has 28 heavy (non-hydrogen) atoms. The average Bonchev–Trinajstić information content (AvgIpc) is 2.69. The highest BCUT2D eigenvalue weighted by Crippen LogP contribution is 2.21. The molecule has 0 spiro atoms. The van der Waals surface area contributed by atoms with E-state index in [2.05, 4.69) is 25.9 Å². The van der Waals surface area contributed by atoms with Gasteiger partial charge in [0.05, 0.1) is 22.1 Å². The van der Waals surface area contributed by atoms with Crippen LogP contribution in [-0.4, -0.2) is 45.7 Å². The third-order valence-corrected chi connectivity index (χ3v) is 3.96. The van der Waals surface area contributed by atoms with E-state index in [0.29, 0.717) is 31.3 Å². The SMILES string of the molecule is C[C@@H](O)CNc1nc2ccccc2nc1NCCNc1ccc([N+](=O)[O-])cc1. The summed E-state index contributed by atoms with van der Waals surface area (Å²) in [5.41, 5.74) is 2.40. The summed E-state index contributed by atoms with van der Waals surface area (Å²) in [5.74, 6) is 1.18. The number of aliphatic hydroxyl groups excluding tert-OH is 1. The molecule has 146 valence electrons. The van der Waals surface area contributed by atoms with E-state index in [-0.39, 0.29) is 5.69 Å². The number of fused-ring (bicyclic) bond motifs is 1. The lowest BCUT2D eigenvalue weighted by molar-refractivity contribution is -0.384. The Morgan fingerprint density at radius 1 is 0.964 bits per heavy atom. The Balaban J connectivity index is 1.63. The third-order valence-electron chi connectivity index (χ3n) is 3.96. The summed E-state index contributed by atoms with van der Waals surface area (Å²) in [5, 5.41) is 29.8. The van der Waals surface area contributed by atoms with E-state index >= 15 is 0 Å². The molecule has 0 amide bonds. The molecule has 9 heteroatoms. The Labute approximate surface area is 162 Å². The number of nitro benzene ring substituents is 1. The number of para-hydroxylation sites is 2. The fraction of sp³-hybridized carbons (Fsp3) is 0.263. The molecular formula is C19H22N6O3. The number of rotatable bonds is 9. The molecule has 0 saturated heterocycles. The lowest BCUT2D eigenvalue weighted by atomic mass is 10.3. The third kappa shape index (κ3) is 5.04. The van der Waals surface area contributed by atoms with Crippen LogP contribution in [0, 0.1) is 10.1 Å². The zero-order valence-electron chi connectivity index (χ0n) is 15.4. The van der Waals surface area contributed by atoms with Crippen molar-refractivity contribution >= 4 is 34.0 Å². The second-order valence-corrected chi connectivity index (χ2v) is 6.30. The number of hydrogen-bond donors (Lipinski definition) is 4. The highest BCUT2D eigenvalue weighted by Gasteiger charge is 2.09. The van der Waals surface area contributed by atoms with Crippen LogP contribution in [0.25, 0.3) is 11.0 Å². The van der Waals surface area contributed by atoms with Gasteiger partial charge in [0.15, 0.2) is 11.6 Å². The van der Waals surface area contributed by atoms with E-state index in [1.54, 1.807) is 19.1 Å². The van der Waals surface area contributed by atoms with E-state index in [0.717, 1.165) is 16.7 Å². The molecule has 0 unspecified atom stereocenters. The summed E-state index contributed by atoms with van der Waals surface area (Å²) >= 11 is 0. The van der Waals surface area contributed by atoms with Crippen LogP contribution in [0.15, 0.2) is 48.5 Å². The average molecular weight is 382 g/mol. The second kappa shape index (κ2) is 8.96. The maximum Gasteiger partial charge on any atom is 0.269 e. The molecule has 4 N–H and O–H groups in total. The van der Waals surface area contributed by atoms with E-state index in [4.69, 9.17) is 0 Å². The topological polar surface area (TPSA) is 125 Å². The molecule has 0 aliphatic rings. The van der Waals surface area contributed by atoms with Gasteiger partial charge in [0, 0.05) is 37.5 Å². The Morgan fingerprint density at radius 3 is 2.11 bits per heavy atom. The standard InChI is InChI=1S/C19H22N6O3/c1-13(26)12-22-19-18(23-16-4-2-3-5-17(16)24-19)21-11-10-20-14-6-8-15(9-7-14)25(27)28/h2-9,13,20,26H,10-12H2,1H3,(H,21,23)(H,22,24)/t13-/m1/s1. The minimum Gasteiger partial charge on any atom is -0.392 e. The molecule has 1 atom stereocenters. The lowest BCUT2D eigenvalue weighted by Crippen LogP contribution is -2.19. The number of nitrogens with zero attached hydrogens (tertiary/aromatic N) is 3. The van der Waals surface area contributed by atoms with Crippen molar-refractivity contribution in [2.45, 2.75) is 13.0 Å². The number of non-ortho nitro benzene ring substituents is 1. The quantitative estimate of drug-likeness (QED) is 0.253. The minimum atomic E-state index is -0.509. The van der Waals surface area contributed by atoms with E-state index in [1.807, 2.05) is 24.3 Å². The number of nitro groups is 1. The Hall–Kier alpha value is -3.46. The maximum absolute atomic E-state index is 10.7. The van der Waals surface area contributed by atoms with Crippen molar-refractivity contribution in [2.75, 3.05) is 35.6 Å². The first-order valence-electron chi connectivity index (χ1n) is 8.94. The van der Waals surface area contributed by atoms with E-state index < -0.39 is 11.0 Å². The highest BCUT2D eigenvalue weighted by molar-refractivity contribution is 5.80. The fourth-order valence-electron chi connectivity index (χ4n) is 2.58. The summed E-state index contributed by atoms with van der Waals surface area (Å²) in [6.45, 7) is 3.21. The van der Waals surface area contributed by atoms with Crippen LogP contribution in [0.1, 0.15) is 6.92 Å². The highest BCUT2D eigenvalue weighted by atomic mass is 16.6. The van der Waals surface area contributed by atoms with Crippen LogP contribution in [0.2, 0.25) is 0 Å². The van der Waals surface area contributed by atoms with Crippen LogP contribution in [0.4, 0.5) is 23.0 Å². The van der Waals surface area contributed by atoms with Gasteiger partial charge in [0.2, 0.25) is 0 Å². The van der Waals surface area contributed by atoms with Crippen molar-refractivity contribution in [3.8, 4) is 0 Å². The summed E-state index contributed by atoms with van der Waals surface area (Å²) < 4.78 is 0. The summed E-state index contributed by atoms with van der Waals surface area (Å²) in [6, 6.07) is 13.8. The van der Waals surface area contributed by atoms with Crippen LogP contribution < -0.4 is 16.0 Å². The zero-order valence-corrected chi connectivity index (χ0v) is 15.4. The molecule has 3 rings (SSSR count). The molecule has 1 heterocycles. The van der Waals surface area contributed by atoms with Gasteiger partial charge >= 0.3 is 0 Å². The smallest absolute Gasteiger partial charge is 0.269 e. The summed E-state index contributed by atoms with van der Waals surface area (Å²) in [6.07, 6.45) is -0.509. The van der Waals surface area contributed by atoms with Gasteiger partial charge < -0.3 is 21.1 Å². The number of benzene rings is 2. The van der Waals surface area contributed by atoms with Gasteiger partial charge in [0.25, 0.3) is 5.69 Å². The number of aliphatic hydroxyl groups is 1. The van der Waals surface area contributed by atoms with Gasteiger partial charge in [-0.25, -0.2) is 9.97 Å². The van der Waals surface area contributed by atoms with E-state index in [1.165, 1.54) is 12.1 Å². The van der Waals surface area contributed by atoms with Crippen LogP contribution in [-0.2, 0) is 0 Å².